The van der Waals surface area contributed by atoms with Gasteiger partial charge >= 0.3 is 0 Å². The first-order valence-electron chi connectivity index (χ1n) is 1.70. The molecule has 0 spiro atoms. The Morgan fingerprint density at radius 2 is 2.33 bits per heavy atom. The quantitative estimate of drug-likeness (QED) is 0.421. The van der Waals surface area contributed by atoms with Gasteiger partial charge < -0.3 is 5.11 Å². The molecule has 0 saturated carbocycles. The second kappa shape index (κ2) is 2.69. The summed E-state index contributed by atoms with van der Waals surface area (Å²) in [6.07, 6.45) is 0.299. The molecule has 0 aliphatic heterocycles. The summed E-state index contributed by atoms with van der Waals surface area (Å²) in [4.78, 5) is 0. The van der Waals surface area contributed by atoms with Crippen molar-refractivity contribution in [2.75, 3.05) is 0 Å². The highest BCUT2D eigenvalue weighted by Gasteiger charge is 1.80. The Labute approximate surface area is 36.1 Å². The lowest BCUT2D eigenvalue weighted by atomic mass is 10.4. The van der Waals surface area contributed by atoms with E-state index in [9.17, 15) is 9.50 Å². The minimum atomic E-state index is -1.09. The Morgan fingerprint density at radius 3 is 2.33 bits per heavy atom. The predicted octanol–water partition coefficient (Wildman–Crippen LogP) is 0.218. The van der Waals surface area contributed by atoms with Gasteiger partial charge in [0, 0.05) is 0 Å². The molecule has 0 aromatic carbocycles. The van der Waals surface area contributed by atoms with Crippen LogP contribution < -0.4 is 5.11 Å². The van der Waals surface area contributed by atoms with Crippen LogP contribution in [0.4, 0.5) is 4.39 Å². The molecule has 0 aliphatic rings. The fourth-order valence-corrected chi connectivity index (χ4v) is 0.108. The largest absolute Gasteiger partial charge is 0.878 e. The lowest BCUT2D eigenvalue weighted by Crippen LogP contribution is -1.90. The molecule has 0 radical (unpaired) electrons. The number of halogens is 1. The van der Waals surface area contributed by atoms with Gasteiger partial charge in [0.25, 0.3) is 0 Å². The van der Waals surface area contributed by atoms with Crippen LogP contribution in [0.2, 0.25) is 0 Å². The van der Waals surface area contributed by atoms with Crippen LogP contribution in [0.1, 0.15) is 6.92 Å². The number of hydrogen-bond donors (Lipinski definition) is 0. The van der Waals surface area contributed by atoms with Gasteiger partial charge in [-0.25, -0.2) is 4.39 Å². The first kappa shape index (κ1) is 5.47. The van der Waals surface area contributed by atoms with Crippen molar-refractivity contribution in [2.24, 2.45) is 0 Å². The highest BCUT2D eigenvalue weighted by molar-refractivity contribution is 4.76. The summed E-state index contributed by atoms with van der Waals surface area (Å²) < 4.78 is 11.4. The van der Waals surface area contributed by atoms with Crippen molar-refractivity contribution in [1.29, 1.82) is 0 Å². The molecule has 0 N–H and O–H groups in total. The van der Waals surface area contributed by atoms with Gasteiger partial charge in [-0.3, -0.25) is 0 Å². The Hall–Kier alpha value is -0.530. The summed E-state index contributed by atoms with van der Waals surface area (Å²) in [6.45, 7) is 1.30. The van der Waals surface area contributed by atoms with Crippen LogP contribution in [0.15, 0.2) is 12.3 Å². The number of hydrogen-bond acceptors (Lipinski definition) is 1. The lowest BCUT2D eigenvalue weighted by molar-refractivity contribution is -0.275. The van der Waals surface area contributed by atoms with Crippen LogP contribution in [0, 0.1) is 0 Å². The van der Waals surface area contributed by atoms with E-state index in [1.54, 1.807) is 0 Å². The average Bonchev–Trinajstić information content (AvgIpc) is 1.35. The SMILES string of the molecule is C[C@@H](F)/C=C/[O-]. The summed E-state index contributed by atoms with van der Waals surface area (Å²) in [5.41, 5.74) is 0. The summed E-state index contributed by atoms with van der Waals surface area (Å²) in [6, 6.07) is 0. The van der Waals surface area contributed by atoms with E-state index in [2.05, 4.69) is 0 Å². The summed E-state index contributed by atoms with van der Waals surface area (Å²) in [5, 5.41) is 9.32. The Morgan fingerprint density at radius 1 is 1.83 bits per heavy atom. The van der Waals surface area contributed by atoms with Gasteiger partial charge in [0.15, 0.2) is 0 Å². The van der Waals surface area contributed by atoms with Gasteiger partial charge in [-0.05, 0) is 6.92 Å². The van der Waals surface area contributed by atoms with E-state index in [4.69, 9.17) is 0 Å². The van der Waals surface area contributed by atoms with Crippen LogP contribution in [-0.2, 0) is 0 Å². The zero-order valence-corrected chi connectivity index (χ0v) is 3.52. The van der Waals surface area contributed by atoms with E-state index in [-0.39, 0.29) is 0 Å². The minimum absolute atomic E-state index is 0.449. The first-order chi connectivity index (χ1) is 2.77. The van der Waals surface area contributed by atoms with E-state index < -0.39 is 6.17 Å². The highest BCUT2D eigenvalue weighted by Crippen LogP contribution is 1.85. The van der Waals surface area contributed by atoms with Gasteiger partial charge in [-0.15, -0.1) is 0 Å². The molecule has 0 amide bonds. The maximum Gasteiger partial charge on any atom is 0.115 e. The van der Waals surface area contributed by atoms with Crippen molar-refractivity contribution < 1.29 is 9.50 Å². The van der Waals surface area contributed by atoms with Crippen molar-refractivity contribution in [3.8, 4) is 0 Å². The molecule has 0 aromatic heterocycles. The van der Waals surface area contributed by atoms with Crippen molar-refractivity contribution in [3.63, 3.8) is 0 Å². The fourth-order valence-electron chi connectivity index (χ4n) is 0.108. The smallest absolute Gasteiger partial charge is 0.115 e. The van der Waals surface area contributed by atoms with Crippen molar-refractivity contribution in [3.05, 3.63) is 12.3 Å². The molecule has 0 unspecified atom stereocenters. The lowest BCUT2D eigenvalue weighted by Gasteiger charge is -1.89. The standard InChI is InChI=1S/C4H7FO/c1-4(5)2-3-6/h2-4,6H,1H3/p-1/b3-2+/t4-/m1/s1. The van der Waals surface area contributed by atoms with Crippen molar-refractivity contribution in [1.82, 2.24) is 0 Å². The van der Waals surface area contributed by atoms with Gasteiger partial charge in [0.05, 0.1) is 0 Å². The molecule has 0 fully saturated rings. The second-order valence-electron chi connectivity index (χ2n) is 1.01. The molecule has 0 aromatic rings. The maximum absolute atomic E-state index is 11.4. The molecule has 36 valence electrons. The molecule has 1 atom stereocenters. The second-order valence-corrected chi connectivity index (χ2v) is 1.01. The van der Waals surface area contributed by atoms with Crippen molar-refractivity contribution in [2.45, 2.75) is 13.1 Å². The fraction of sp³-hybridized carbons (Fsp3) is 0.500. The Kier molecular flexibility index (Phi) is 2.46. The van der Waals surface area contributed by atoms with Gasteiger partial charge in [0.2, 0.25) is 0 Å². The van der Waals surface area contributed by atoms with Crippen LogP contribution in [0.3, 0.4) is 0 Å². The molecular formula is C4H6FO-. The number of rotatable bonds is 1. The van der Waals surface area contributed by atoms with E-state index in [1.165, 1.54) is 6.92 Å². The Balaban J connectivity index is 3.03. The molecule has 2 heteroatoms. The Bertz CT molecular complexity index is 49.5. The van der Waals surface area contributed by atoms with Gasteiger partial charge in [0.1, 0.15) is 6.17 Å². The van der Waals surface area contributed by atoms with Crippen LogP contribution in [0.25, 0.3) is 0 Å². The predicted molar refractivity (Wildman–Crippen MR) is 19.7 cm³/mol. The number of alkyl halides is 1. The molecule has 0 aliphatic carbocycles. The van der Waals surface area contributed by atoms with E-state index in [0.29, 0.717) is 6.26 Å². The van der Waals surface area contributed by atoms with E-state index in [1.807, 2.05) is 0 Å². The molecule has 0 rings (SSSR count). The molecule has 6 heavy (non-hydrogen) atoms. The molecule has 1 nitrogen and oxygen atoms in total. The minimum Gasteiger partial charge on any atom is -0.878 e. The molecule has 0 heterocycles. The zero-order chi connectivity index (χ0) is 4.99. The molecule has 0 saturated heterocycles. The normalized spacial score (nSPS) is 15.7. The highest BCUT2D eigenvalue weighted by atomic mass is 19.1. The average molecular weight is 89.1 g/mol. The first-order valence-corrected chi connectivity index (χ1v) is 1.70. The third-order valence-corrected chi connectivity index (χ3v) is 0.344. The van der Waals surface area contributed by atoms with E-state index in [0.717, 1.165) is 6.08 Å². The summed E-state index contributed by atoms with van der Waals surface area (Å²) in [5.74, 6) is 0. The van der Waals surface area contributed by atoms with Gasteiger partial charge in [-0.2, -0.15) is 6.26 Å². The third kappa shape index (κ3) is 3.47. The molecule has 0 bridgehead atoms. The van der Waals surface area contributed by atoms with Crippen LogP contribution in [-0.4, -0.2) is 6.17 Å². The van der Waals surface area contributed by atoms with Crippen LogP contribution >= 0.6 is 0 Å². The van der Waals surface area contributed by atoms with E-state index >= 15 is 0 Å². The van der Waals surface area contributed by atoms with Crippen LogP contribution in [0.5, 0.6) is 0 Å². The number of allylic oxidation sites excluding steroid dienone is 1. The van der Waals surface area contributed by atoms with Gasteiger partial charge in [-0.1, -0.05) is 6.08 Å². The maximum atomic E-state index is 11.4. The third-order valence-electron chi connectivity index (χ3n) is 0.344. The monoisotopic (exact) mass is 89.0 g/mol. The topological polar surface area (TPSA) is 23.1 Å². The zero-order valence-electron chi connectivity index (χ0n) is 3.52. The van der Waals surface area contributed by atoms with Crippen molar-refractivity contribution >= 4 is 0 Å². The molecular weight excluding hydrogens is 83.0 g/mol. The summed E-state index contributed by atoms with van der Waals surface area (Å²) >= 11 is 0. The summed E-state index contributed by atoms with van der Waals surface area (Å²) in [7, 11) is 0.